The van der Waals surface area contributed by atoms with E-state index in [1.165, 1.54) is 17.4 Å². The molecule has 0 saturated heterocycles. The number of fused-ring (bicyclic) bond motifs is 1. The van der Waals surface area contributed by atoms with Crippen LogP contribution in [-0.2, 0) is 0 Å². The normalized spacial score (nSPS) is 9.46. The lowest BCUT2D eigenvalue weighted by atomic mass is 10.2. The zero-order valence-electron chi connectivity index (χ0n) is 8.46. The predicted octanol–water partition coefficient (Wildman–Crippen LogP) is 3.29. The van der Waals surface area contributed by atoms with E-state index in [-0.39, 0.29) is 0 Å². The Balaban J connectivity index is 0.000000251. The van der Waals surface area contributed by atoms with Crippen LogP contribution in [0.5, 0.6) is 0 Å². The lowest BCUT2D eigenvalue weighted by molar-refractivity contribution is 1.09. The van der Waals surface area contributed by atoms with Crippen molar-refractivity contribution in [3.63, 3.8) is 0 Å². The largest absolute Gasteiger partial charge is 0.278 e. The highest BCUT2D eigenvalue weighted by molar-refractivity contribution is 5.78. The van der Waals surface area contributed by atoms with Crippen molar-refractivity contribution in [2.75, 3.05) is 0 Å². The van der Waals surface area contributed by atoms with Crippen molar-refractivity contribution in [3.05, 3.63) is 30.0 Å². The highest BCUT2D eigenvalue weighted by Gasteiger charge is 1.92. The van der Waals surface area contributed by atoms with E-state index in [0.29, 0.717) is 0 Å². The Hall–Kier alpha value is -1.31. The molecule has 0 bridgehead atoms. The van der Waals surface area contributed by atoms with Crippen LogP contribution in [-0.4, -0.2) is 10.2 Å². The van der Waals surface area contributed by atoms with E-state index >= 15 is 0 Å². The fourth-order valence-corrected chi connectivity index (χ4v) is 1.05. The average Bonchev–Trinajstić information content (AvgIpc) is 2.52. The molecule has 0 amide bonds. The van der Waals surface area contributed by atoms with Gasteiger partial charge >= 0.3 is 0 Å². The summed E-state index contributed by atoms with van der Waals surface area (Å²) in [5, 5.41) is 8.00. The van der Waals surface area contributed by atoms with E-state index < -0.39 is 0 Å². The van der Waals surface area contributed by atoms with Gasteiger partial charge in [-0.2, -0.15) is 5.10 Å². The maximum absolute atomic E-state index is 3.92. The Morgan fingerprint density at radius 2 is 2.00 bits per heavy atom. The van der Waals surface area contributed by atoms with Gasteiger partial charge in [0.2, 0.25) is 0 Å². The minimum absolute atomic E-state index is 1.11. The molecule has 0 fully saturated rings. The van der Waals surface area contributed by atoms with E-state index in [0.717, 1.165) is 5.52 Å². The standard InChI is InChI=1S/C8H8N2.C3H8/c1-6-2-3-7-5-9-10-8(7)4-6;1-3-2/h2-5H,1H3,(H,9,10);3H2,1-2H3. The van der Waals surface area contributed by atoms with Crippen molar-refractivity contribution in [1.82, 2.24) is 10.2 Å². The minimum atomic E-state index is 1.11. The van der Waals surface area contributed by atoms with Gasteiger partial charge in [0.15, 0.2) is 0 Å². The number of nitrogens with zero attached hydrogens (tertiary/aromatic N) is 1. The van der Waals surface area contributed by atoms with Crippen LogP contribution in [0.2, 0.25) is 0 Å². The molecule has 2 aromatic rings. The molecule has 0 aliphatic carbocycles. The van der Waals surface area contributed by atoms with Gasteiger partial charge in [0.05, 0.1) is 11.7 Å². The van der Waals surface area contributed by atoms with Crippen molar-refractivity contribution in [2.24, 2.45) is 0 Å². The lowest BCUT2D eigenvalue weighted by Gasteiger charge is -1.89. The smallest absolute Gasteiger partial charge is 0.0652 e. The van der Waals surface area contributed by atoms with Crippen LogP contribution in [0, 0.1) is 6.92 Å². The van der Waals surface area contributed by atoms with Crippen LogP contribution in [0.25, 0.3) is 10.9 Å². The number of hydrogen-bond acceptors (Lipinski definition) is 1. The molecule has 0 aliphatic rings. The second-order valence-corrected chi connectivity index (χ2v) is 3.17. The van der Waals surface area contributed by atoms with Gasteiger partial charge in [-0.1, -0.05) is 32.4 Å². The fourth-order valence-electron chi connectivity index (χ4n) is 1.05. The van der Waals surface area contributed by atoms with Gasteiger partial charge in [0, 0.05) is 5.39 Å². The number of nitrogens with one attached hydrogen (secondary N) is 1. The summed E-state index contributed by atoms with van der Waals surface area (Å²) in [5.41, 5.74) is 2.37. The molecule has 1 N–H and O–H groups in total. The second kappa shape index (κ2) is 4.65. The zero-order valence-corrected chi connectivity index (χ0v) is 8.46. The lowest BCUT2D eigenvalue weighted by Crippen LogP contribution is -1.70. The first-order valence-corrected chi connectivity index (χ1v) is 4.67. The molecule has 1 aromatic heterocycles. The quantitative estimate of drug-likeness (QED) is 0.655. The summed E-state index contributed by atoms with van der Waals surface area (Å²) in [4.78, 5) is 0. The summed E-state index contributed by atoms with van der Waals surface area (Å²) in [7, 11) is 0. The zero-order chi connectivity index (χ0) is 9.68. The SMILES string of the molecule is CCC.Cc1ccc2cn[nH]c2c1. The summed E-state index contributed by atoms with van der Waals surface area (Å²) in [5.74, 6) is 0. The molecule has 70 valence electrons. The van der Waals surface area contributed by atoms with E-state index in [2.05, 4.69) is 49.2 Å². The van der Waals surface area contributed by atoms with Crippen LogP contribution in [0.3, 0.4) is 0 Å². The average molecular weight is 176 g/mol. The molecule has 0 spiro atoms. The molecule has 2 nitrogen and oxygen atoms in total. The first-order chi connectivity index (χ1) is 6.27. The van der Waals surface area contributed by atoms with Crippen LogP contribution in [0.1, 0.15) is 25.8 Å². The van der Waals surface area contributed by atoms with Crippen molar-refractivity contribution >= 4 is 10.9 Å². The van der Waals surface area contributed by atoms with E-state index in [1.54, 1.807) is 0 Å². The van der Waals surface area contributed by atoms with Crippen LogP contribution >= 0.6 is 0 Å². The Labute approximate surface area is 79.0 Å². The highest BCUT2D eigenvalue weighted by Crippen LogP contribution is 2.10. The molecule has 2 heteroatoms. The monoisotopic (exact) mass is 176 g/mol. The Morgan fingerprint density at radius 1 is 1.31 bits per heavy atom. The topological polar surface area (TPSA) is 28.7 Å². The van der Waals surface area contributed by atoms with Gasteiger partial charge in [-0.15, -0.1) is 0 Å². The van der Waals surface area contributed by atoms with Gasteiger partial charge in [-0.3, -0.25) is 5.10 Å². The molecule has 0 radical (unpaired) electrons. The fraction of sp³-hybridized carbons (Fsp3) is 0.364. The van der Waals surface area contributed by atoms with Crippen LogP contribution in [0.4, 0.5) is 0 Å². The summed E-state index contributed by atoms with van der Waals surface area (Å²) in [6, 6.07) is 6.23. The second-order valence-electron chi connectivity index (χ2n) is 3.17. The molecule has 0 aliphatic heterocycles. The van der Waals surface area contributed by atoms with E-state index in [1.807, 2.05) is 6.20 Å². The molecule has 0 atom stereocenters. The summed E-state index contributed by atoms with van der Waals surface area (Å²) >= 11 is 0. The van der Waals surface area contributed by atoms with Crippen molar-refractivity contribution < 1.29 is 0 Å². The molecule has 13 heavy (non-hydrogen) atoms. The highest BCUT2D eigenvalue weighted by atomic mass is 15.1. The third-order valence-electron chi connectivity index (χ3n) is 1.60. The van der Waals surface area contributed by atoms with Crippen LogP contribution in [0.15, 0.2) is 24.4 Å². The van der Waals surface area contributed by atoms with E-state index in [9.17, 15) is 0 Å². The van der Waals surface area contributed by atoms with Gasteiger partial charge in [0.1, 0.15) is 0 Å². The van der Waals surface area contributed by atoms with E-state index in [4.69, 9.17) is 0 Å². The van der Waals surface area contributed by atoms with Gasteiger partial charge in [-0.25, -0.2) is 0 Å². The first-order valence-electron chi connectivity index (χ1n) is 4.67. The third-order valence-corrected chi connectivity index (χ3v) is 1.60. The molecule has 0 saturated carbocycles. The number of hydrogen-bond donors (Lipinski definition) is 1. The van der Waals surface area contributed by atoms with Crippen molar-refractivity contribution in [1.29, 1.82) is 0 Å². The van der Waals surface area contributed by atoms with Gasteiger partial charge < -0.3 is 0 Å². The number of aromatic amines is 1. The maximum Gasteiger partial charge on any atom is 0.0652 e. The third kappa shape index (κ3) is 2.58. The summed E-state index contributed by atoms with van der Waals surface area (Å²) < 4.78 is 0. The number of H-pyrrole nitrogens is 1. The Morgan fingerprint density at radius 3 is 2.69 bits per heavy atom. The predicted molar refractivity (Wildman–Crippen MR) is 56.8 cm³/mol. The van der Waals surface area contributed by atoms with Crippen molar-refractivity contribution in [2.45, 2.75) is 27.2 Å². The Bertz CT molecular complexity index is 363. The van der Waals surface area contributed by atoms with Crippen LogP contribution < -0.4 is 0 Å². The first kappa shape index (κ1) is 9.78. The maximum atomic E-state index is 3.92. The molecule has 0 unspecified atom stereocenters. The van der Waals surface area contributed by atoms with Gasteiger partial charge in [-0.05, 0) is 18.6 Å². The number of rotatable bonds is 0. The van der Waals surface area contributed by atoms with Crippen molar-refractivity contribution in [3.8, 4) is 0 Å². The number of benzene rings is 1. The minimum Gasteiger partial charge on any atom is -0.278 e. The summed E-state index contributed by atoms with van der Waals surface area (Å²) in [6.07, 6.45) is 3.08. The molecular weight excluding hydrogens is 160 g/mol. The number of aromatic nitrogens is 2. The molecular formula is C11H16N2. The molecule has 1 heterocycles. The van der Waals surface area contributed by atoms with Gasteiger partial charge in [0.25, 0.3) is 0 Å². The Kier molecular flexibility index (Phi) is 3.50. The number of aryl methyl sites for hydroxylation is 1. The summed E-state index contributed by atoms with van der Waals surface area (Å²) in [6.45, 7) is 6.32. The molecule has 2 rings (SSSR count). The molecule has 1 aromatic carbocycles.